The molecule has 0 aliphatic rings. The van der Waals surface area contributed by atoms with E-state index >= 15 is 0 Å². The van der Waals surface area contributed by atoms with Crippen molar-refractivity contribution in [1.82, 2.24) is 0 Å². The molecular formula is C27H28FNO3S. The maximum Gasteiger partial charge on any atom is 0.224 e. The fraction of sp³-hybridized carbons (Fsp3) is 0.222. The van der Waals surface area contributed by atoms with Gasteiger partial charge >= 0.3 is 0 Å². The molecular weight excluding hydrogens is 437 g/mol. The highest BCUT2D eigenvalue weighted by Gasteiger charge is 2.12. The monoisotopic (exact) mass is 465 g/mol. The fourth-order valence-corrected chi connectivity index (χ4v) is 4.12. The summed E-state index contributed by atoms with van der Waals surface area (Å²) in [5, 5.41) is -0.0914. The summed E-state index contributed by atoms with van der Waals surface area (Å²) in [6.07, 6.45) is 4.02. The summed E-state index contributed by atoms with van der Waals surface area (Å²) in [6.45, 7) is 4.22. The van der Waals surface area contributed by atoms with Crippen LogP contribution in [-0.2, 0) is 4.74 Å². The molecule has 6 heteroatoms. The number of hydrogen-bond acceptors (Lipinski definition) is 5. The molecule has 0 aromatic heterocycles. The summed E-state index contributed by atoms with van der Waals surface area (Å²) in [5.41, 5.74) is 5.53. The summed E-state index contributed by atoms with van der Waals surface area (Å²) in [6, 6.07) is 15.8. The summed E-state index contributed by atoms with van der Waals surface area (Å²) in [5.74, 6) is 0.506. The number of carbonyl (C=O) groups is 1. The Morgan fingerprint density at radius 3 is 2.15 bits per heavy atom. The van der Waals surface area contributed by atoms with Gasteiger partial charge in [0, 0.05) is 37.4 Å². The highest BCUT2D eigenvalue weighted by Crippen LogP contribution is 2.28. The van der Waals surface area contributed by atoms with Crippen LogP contribution in [-0.4, -0.2) is 33.1 Å². The lowest BCUT2D eigenvalue weighted by atomic mass is 10.0. The van der Waals surface area contributed by atoms with Crippen molar-refractivity contribution in [3.63, 3.8) is 0 Å². The Kier molecular flexibility index (Phi) is 8.31. The third kappa shape index (κ3) is 6.70. The third-order valence-corrected chi connectivity index (χ3v) is 5.92. The molecule has 0 spiro atoms. The third-order valence-electron chi connectivity index (χ3n) is 4.99. The average Bonchev–Trinajstić information content (AvgIpc) is 2.78. The average molecular weight is 466 g/mol. The van der Waals surface area contributed by atoms with Crippen LogP contribution in [0.15, 0.2) is 59.5 Å². The second kappa shape index (κ2) is 11.2. The predicted octanol–water partition coefficient (Wildman–Crippen LogP) is 6.59. The van der Waals surface area contributed by atoms with Gasteiger partial charge in [0.25, 0.3) is 0 Å². The van der Waals surface area contributed by atoms with E-state index in [9.17, 15) is 9.18 Å². The van der Waals surface area contributed by atoms with Gasteiger partial charge in [-0.05, 0) is 102 Å². The fourth-order valence-electron chi connectivity index (χ4n) is 3.39. The molecule has 0 bridgehead atoms. The van der Waals surface area contributed by atoms with Gasteiger partial charge in [-0.3, -0.25) is 4.79 Å². The van der Waals surface area contributed by atoms with Gasteiger partial charge in [0.05, 0.1) is 0 Å². The van der Waals surface area contributed by atoms with Gasteiger partial charge in [0.1, 0.15) is 11.6 Å². The summed E-state index contributed by atoms with van der Waals surface area (Å²) < 4.78 is 23.8. The maximum atomic E-state index is 13.2. The van der Waals surface area contributed by atoms with Crippen LogP contribution >= 0.6 is 11.8 Å². The number of anilines is 1. The number of halogens is 1. The molecule has 4 nitrogen and oxygen atoms in total. The van der Waals surface area contributed by atoms with Crippen molar-refractivity contribution >= 4 is 34.7 Å². The SMILES string of the molecule is COCOc1c(C)cc(C=Cc2cc(C(=O)Sc3ccc(F)cc3)cc(N(C)C)c2)cc1C. The van der Waals surface area contributed by atoms with Crippen LogP contribution in [0.5, 0.6) is 5.75 Å². The van der Waals surface area contributed by atoms with E-state index in [1.807, 2.05) is 63.2 Å². The second-order valence-corrected chi connectivity index (χ2v) is 8.97. The summed E-state index contributed by atoms with van der Waals surface area (Å²) in [4.78, 5) is 15.6. The van der Waals surface area contributed by atoms with Crippen molar-refractivity contribution in [3.05, 3.63) is 88.2 Å². The highest BCUT2D eigenvalue weighted by atomic mass is 32.2. The second-order valence-electron chi connectivity index (χ2n) is 7.92. The van der Waals surface area contributed by atoms with Gasteiger partial charge in [0.15, 0.2) is 6.79 Å². The minimum absolute atomic E-state index is 0.0914. The Labute approximate surface area is 199 Å². The van der Waals surface area contributed by atoms with Crippen molar-refractivity contribution < 1.29 is 18.7 Å². The van der Waals surface area contributed by atoms with Crippen molar-refractivity contribution in [2.24, 2.45) is 0 Å². The minimum atomic E-state index is -0.322. The molecule has 0 saturated carbocycles. The molecule has 0 amide bonds. The molecule has 3 aromatic rings. The van der Waals surface area contributed by atoms with Crippen molar-refractivity contribution in [2.45, 2.75) is 18.7 Å². The number of benzene rings is 3. The van der Waals surface area contributed by atoms with E-state index in [-0.39, 0.29) is 17.7 Å². The lowest BCUT2D eigenvalue weighted by molar-refractivity contribution is 0.0501. The largest absolute Gasteiger partial charge is 0.467 e. The number of rotatable bonds is 8. The molecule has 0 aliphatic heterocycles. The van der Waals surface area contributed by atoms with Gasteiger partial charge in [0.2, 0.25) is 5.12 Å². The smallest absolute Gasteiger partial charge is 0.224 e. The van der Waals surface area contributed by atoms with Crippen LogP contribution < -0.4 is 9.64 Å². The quantitative estimate of drug-likeness (QED) is 0.213. The van der Waals surface area contributed by atoms with Crippen molar-refractivity contribution in [1.29, 1.82) is 0 Å². The molecule has 0 radical (unpaired) electrons. The van der Waals surface area contributed by atoms with E-state index in [4.69, 9.17) is 9.47 Å². The van der Waals surface area contributed by atoms with E-state index in [0.29, 0.717) is 10.5 Å². The number of methoxy groups -OCH3 is 1. The molecule has 0 saturated heterocycles. The first-order chi connectivity index (χ1) is 15.8. The van der Waals surface area contributed by atoms with Crippen molar-refractivity contribution in [2.75, 3.05) is 32.9 Å². The zero-order valence-electron chi connectivity index (χ0n) is 19.5. The van der Waals surface area contributed by atoms with Crippen LogP contribution in [0, 0.1) is 19.7 Å². The molecule has 33 heavy (non-hydrogen) atoms. The zero-order valence-corrected chi connectivity index (χ0v) is 20.3. The minimum Gasteiger partial charge on any atom is -0.467 e. The maximum absolute atomic E-state index is 13.2. The highest BCUT2D eigenvalue weighted by molar-refractivity contribution is 8.14. The van der Waals surface area contributed by atoms with E-state index in [1.165, 1.54) is 12.1 Å². The molecule has 3 rings (SSSR count). The predicted molar refractivity (Wildman–Crippen MR) is 135 cm³/mol. The summed E-state index contributed by atoms with van der Waals surface area (Å²) in [7, 11) is 5.48. The number of hydrogen-bond donors (Lipinski definition) is 0. The van der Waals surface area contributed by atoms with Gasteiger partial charge in [-0.1, -0.05) is 12.2 Å². The van der Waals surface area contributed by atoms with E-state index < -0.39 is 0 Å². The number of ether oxygens (including phenoxy) is 2. The Balaban J connectivity index is 1.87. The van der Waals surface area contributed by atoms with Crippen LogP contribution in [0.4, 0.5) is 10.1 Å². The molecule has 0 atom stereocenters. The van der Waals surface area contributed by atoms with Gasteiger partial charge in [-0.2, -0.15) is 0 Å². The standard InChI is InChI=1S/C27H28FNO3S/c1-18-12-20(13-19(2)26(18)32-17-31-5)6-7-21-14-22(16-24(15-21)29(3)4)27(30)33-25-10-8-23(28)9-11-25/h6-16H,17H2,1-5H3. The molecule has 0 fully saturated rings. The molecule has 0 unspecified atom stereocenters. The molecule has 3 aromatic carbocycles. The number of carbonyl (C=O) groups excluding carboxylic acids is 1. The van der Waals surface area contributed by atoms with Crippen LogP contribution in [0.3, 0.4) is 0 Å². The number of aryl methyl sites for hydroxylation is 2. The van der Waals surface area contributed by atoms with Gasteiger partial charge in [-0.25, -0.2) is 4.39 Å². The van der Waals surface area contributed by atoms with Crippen LogP contribution in [0.2, 0.25) is 0 Å². The normalized spacial score (nSPS) is 11.1. The first-order valence-electron chi connectivity index (χ1n) is 10.5. The zero-order chi connectivity index (χ0) is 24.0. The number of nitrogens with zero attached hydrogens (tertiary/aromatic N) is 1. The Hall–Kier alpha value is -3.09. The van der Waals surface area contributed by atoms with Crippen LogP contribution in [0.1, 0.15) is 32.6 Å². The number of thioether (sulfide) groups is 1. The Morgan fingerprint density at radius 2 is 1.58 bits per heavy atom. The topological polar surface area (TPSA) is 38.8 Å². The molecule has 0 N–H and O–H groups in total. The molecule has 172 valence electrons. The van der Waals surface area contributed by atoms with E-state index in [0.717, 1.165) is 45.5 Å². The first-order valence-corrected chi connectivity index (χ1v) is 11.3. The Morgan fingerprint density at radius 1 is 0.970 bits per heavy atom. The lowest BCUT2D eigenvalue weighted by Gasteiger charge is -2.15. The van der Waals surface area contributed by atoms with E-state index in [1.54, 1.807) is 19.2 Å². The van der Waals surface area contributed by atoms with E-state index in [2.05, 4.69) is 12.1 Å². The molecule has 0 aliphatic carbocycles. The Bertz CT molecular complexity index is 1130. The van der Waals surface area contributed by atoms with Gasteiger partial charge < -0.3 is 14.4 Å². The van der Waals surface area contributed by atoms with Crippen molar-refractivity contribution in [3.8, 4) is 5.75 Å². The summed E-state index contributed by atoms with van der Waals surface area (Å²) >= 11 is 1.09. The molecule has 0 heterocycles. The van der Waals surface area contributed by atoms with Gasteiger partial charge in [-0.15, -0.1) is 0 Å². The van der Waals surface area contributed by atoms with Crippen LogP contribution in [0.25, 0.3) is 12.2 Å². The first kappa shape index (κ1) is 24.6. The lowest BCUT2D eigenvalue weighted by Crippen LogP contribution is -2.10.